The third kappa shape index (κ3) is 25.9. The number of aryl methyl sites for hydroxylation is 2. The van der Waals surface area contributed by atoms with Gasteiger partial charge in [-0.3, -0.25) is 24.1 Å². The van der Waals surface area contributed by atoms with Gasteiger partial charge < -0.3 is 44.1 Å². The summed E-state index contributed by atoms with van der Waals surface area (Å²) in [6.45, 7) is 30.7. The zero-order valence-electron chi connectivity index (χ0n) is 49.0. The number of aromatic nitrogens is 2. The molecule has 2 heterocycles. The minimum Gasteiger partial charge on any atom is -0.421 e. The van der Waals surface area contributed by atoms with Crippen LogP contribution in [0.5, 0.6) is 0 Å². The van der Waals surface area contributed by atoms with Crippen LogP contribution in [0.25, 0.3) is 11.5 Å². The van der Waals surface area contributed by atoms with Crippen LogP contribution in [-0.4, -0.2) is 148 Å². The Kier molecular flexibility index (Phi) is 35.5. The third-order valence-corrected chi connectivity index (χ3v) is 13.5. The minimum atomic E-state index is -0.449. The molecule has 6 unspecified atom stereocenters. The first-order valence-corrected chi connectivity index (χ1v) is 27.6. The molecular formula is C59H100N6O10. The summed E-state index contributed by atoms with van der Waals surface area (Å²) in [6.07, 6.45) is 4.39. The zero-order valence-corrected chi connectivity index (χ0v) is 49.0. The summed E-state index contributed by atoms with van der Waals surface area (Å²) >= 11 is 0. The van der Waals surface area contributed by atoms with E-state index in [2.05, 4.69) is 62.3 Å². The van der Waals surface area contributed by atoms with Gasteiger partial charge in [0.15, 0.2) is 5.78 Å². The number of likely N-dealkylation sites (N-methyl/N-ethyl adjacent to an activating group) is 1. The van der Waals surface area contributed by atoms with Gasteiger partial charge >= 0.3 is 0 Å². The molecule has 2 aromatic carbocycles. The van der Waals surface area contributed by atoms with Crippen molar-refractivity contribution in [3.8, 4) is 11.5 Å². The molecule has 4 rings (SSSR count). The number of nitrogens with zero attached hydrogens (tertiary/aromatic N) is 4. The molecule has 3 N–H and O–H groups in total. The molecule has 426 valence electrons. The molecule has 0 aliphatic carbocycles. The van der Waals surface area contributed by atoms with Crippen LogP contribution in [-0.2, 0) is 55.7 Å². The molecule has 3 amide bonds. The molecule has 8 atom stereocenters. The van der Waals surface area contributed by atoms with Crippen LogP contribution in [0.15, 0.2) is 65.1 Å². The number of hydrogen-bond donors (Lipinski definition) is 2. The number of nitrogens with two attached hydrogens (primary N) is 1. The average molecular weight is 1050 g/mol. The van der Waals surface area contributed by atoms with Crippen molar-refractivity contribution in [2.45, 2.75) is 159 Å². The standard InChI is InChI=1S/C22H44N2O5.C19H36N2O4.C16H14N2O.C2H6/c1-16(2)15-29-14-13-28-12-11-27-10-9-24(8)21(18(5)6)22(26)23-20(17(3)4)19(7)25;1-7-12(2)13(3)16(24-5)11-17(22)21-10-8-9-15(21)18(25-6)14(4)19(20)23;1-3-7-13(8-4-1)11-12-15-17-18-16(19-15)14-9-5-2-6-10-14;1-2/h16-18,20-21H,9-15H2,1-8H3,(H,23,26);12-16,18H,7-11H2,1-6H3,(H2,20,23);1-10H,11-12H2;1-2H3/t20-,21?;12?,13-,14?,15?,16?,18?;;/m00../s1. The molecule has 16 nitrogen and oxygen atoms in total. The summed E-state index contributed by atoms with van der Waals surface area (Å²) < 4.78 is 33.4. The van der Waals surface area contributed by atoms with Crippen LogP contribution in [0.4, 0.5) is 0 Å². The average Bonchev–Trinajstić information content (AvgIpc) is 4.09. The Morgan fingerprint density at radius 2 is 1.39 bits per heavy atom. The van der Waals surface area contributed by atoms with Crippen LogP contribution >= 0.6 is 0 Å². The Balaban J connectivity index is 0.000000562. The molecule has 0 spiro atoms. The van der Waals surface area contributed by atoms with Gasteiger partial charge in [-0.25, -0.2) is 0 Å². The molecule has 0 radical (unpaired) electrons. The topological polar surface area (TPSA) is 198 Å². The van der Waals surface area contributed by atoms with Crippen molar-refractivity contribution in [3.63, 3.8) is 0 Å². The summed E-state index contributed by atoms with van der Waals surface area (Å²) in [5.74, 6) is 1.91. The van der Waals surface area contributed by atoms with Gasteiger partial charge in [0.1, 0.15) is 0 Å². The minimum absolute atomic E-state index is 0.0172. The van der Waals surface area contributed by atoms with Crippen molar-refractivity contribution in [1.29, 1.82) is 0 Å². The SMILES string of the molecule is CC.CC(=O)[C@@H](NC(=O)C(C(C)C)N(C)CCOCCOCCOCC(C)C)C(C)C.CCC(C)[C@H](C)C(CC(=O)N1CCCC1C(OC)C(C)C(N)=O)OC.c1ccc(CCc2nnc(-c3ccccc3)o2)cc1. The van der Waals surface area contributed by atoms with E-state index in [4.69, 9.17) is 33.8 Å². The fraction of sp³-hybridized carbons (Fsp3) is 0.695. The number of rotatable bonds is 31. The van der Waals surface area contributed by atoms with Crippen molar-refractivity contribution >= 4 is 23.5 Å². The quantitative estimate of drug-likeness (QED) is 0.0579. The highest BCUT2D eigenvalue weighted by Crippen LogP contribution is 2.29. The van der Waals surface area contributed by atoms with Gasteiger partial charge in [0.25, 0.3) is 0 Å². The number of primary amides is 1. The maximum atomic E-state index is 12.9. The van der Waals surface area contributed by atoms with Gasteiger partial charge in [0.05, 0.1) is 75.7 Å². The van der Waals surface area contributed by atoms with Gasteiger partial charge in [-0.2, -0.15) is 0 Å². The van der Waals surface area contributed by atoms with Gasteiger partial charge in [0, 0.05) is 45.9 Å². The molecule has 16 heteroatoms. The molecule has 1 saturated heterocycles. The number of hydrogen-bond acceptors (Lipinski definition) is 13. The molecule has 1 aromatic heterocycles. The molecular weight excluding hydrogens is 953 g/mol. The van der Waals surface area contributed by atoms with Crippen LogP contribution in [0.2, 0.25) is 0 Å². The third-order valence-electron chi connectivity index (χ3n) is 13.5. The number of likely N-dealkylation sites (tertiary alicyclic amines) is 1. The second-order valence-corrected chi connectivity index (χ2v) is 20.5. The highest BCUT2D eigenvalue weighted by atomic mass is 16.5. The van der Waals surface area contributed by atoms with E-state index in [0.717, 1.165) is 44.3 Å². The monoisotopic (exact) mass is 1050 g/mol. The first kappa shape index (κ1) is 68.4. The van der Waals surface area contributed by atoms with Gasteiger partial charge in [-0.15, -0.1) is 10.2 Å². The first-order valence-electron chi connectivity index (χ1n) is 27.6. The van der Waals surface area contributed by atoms with E-state index >= 15 is 0 Å². The Morgan fingerprint density at radius 1 is 0.800 bits per heavy atom. The molecule has 1 fully saturated rings. The van der Waals surface area contributed by atoms with Crippen molar-refractivity contribution in [1.82, 2.24) is 25.3 Å². The summed E-state index contributed by atoms with van der Waals surface area (Å²) in [4.78, 5) is 52.9. The summed E-state index contributed by atoms with van der Waals surface area (Å²) in [5, 5.41) is 11.1. The number of methoxy groups -OCH3 is 2. The number of nitrogens with one attached hydrogen (secondary N) is 1. The second-order valence-electron chi connectivity index (χ2n) is 20.5. The predicted octanol–water partition coefficient (Wildman–Crippen LogP) is 9.13. The smallest absolute Gasteiger partial charge is 0.247 e. The largest absolute Gasteiger partial charge is 0.421 e. The lowest BCUT2D eigenvalue weighted by Crippen LogP contribution is -2.54. The molecule has 1 aliphatic heterocycles. The normalized spacial score (nSPS) is 16.1. The van der Waals surface area contributed by atoms with E-state index in [1.807, 2.05) is 107 Å². The van der Waals surface area contributed by atoms with E-state index in [9.17, 15) is 19.2 Å². The maximum absolute atomic E-state index is 12.9. The lowest BCUT2D eigenvalue weighted by atomic mass is 9.87. The number of carbonyl (C=O) groups excluding carboxylic acids is 4. The Labute approximate surface area is 452 Å². The highest BCUT2D eigenvalue weighted by molar-refractivity contribution is 5.90. The van der Waals surface area contributed by atoms with E-state index in [0.29, 0.717) is 82.1 Å². The van der Waals surface area contributed by atoms with Gasteiger partial charge in [-0.05, 0) is 80.5 Å². The fourth-order valence-electron chi connectivity index (χ4n) is 8.85. The number of carbonyl (C=O) groups is 4. The summed E-state index contributed by atoms with van der Waals surface area (Å²) in [6, 6.07) is 19.3. The summed E-state index contributed by atoms with van der Waals surface area (Å²) in [7, 11) is 5.16. The van der Waals surface area contributed by atoms with Crippen molar-refractivity contribution in [2.24, 2.45) is 41.2 Å². The van der Waals surface area contributed by atoms with E-state index in [1.54, 1.807) is 21.1 Å². The van der Waals surface area contributed by atoms with Gasteiger partial charge in [0.2, 0.25) is 29.5 Å². The van der Waals surface area contributed by atoms with Crippen LogP contribution < -0.4 is 11.1 Å². The number of benzene rings is 2. The molecule has 75 heavy (non-hydrogen) atoms. The lowest BCUT2D eigenvalue weighted by Gasteiger charge is -2.35. The number of Topliss-reactive ketones (excluding diaryl/α,β-unsaturated/α-hetero) is 1. The Morgan fingerprint density at radius 3 is 1.91 bits per heavy atom. The Hall–Kier alpha value is -4.58. The highest BCUT2D eigenvalue weighted by Gasteiger charge is 2.40. The van der Waals surface area contributed by atoms with Crippen LogP contribution in [0.3, 0.4) is 0 Å². The van der Waals surface area contributed by atoms with Crippen LogP contribution in [0, 0.1) is 35.5 Å². The summed E-state index contributed by atoms with van der Waals surface area (Å²) in [5.41, 5.74) is 7.69. The van der Waals surface area contributed by atoms with Crippen molar-refractivity contribution in [3.05, 3.63) is 72.1 Å². The number of ether oxygens (including phenoxy) is 5. The second kappa shape index (κ2) is 38.9. The van der Waals surface area contributed by atoms with Crippen LogP contribution in [0.1, 0.15) is 127 Å². The lowest BCUT2D eigenvalue weighted by molar-refractivity contribution is -0.141. The Bertz CT molecular complexity index is 1970. The van der Waals surface area contributed by atoms with Crippen molar-refractivity contribution in [2.75, 3.05) is 74.0 Å². The number of amides is 3. The van der Waals surface area contributed by atoms with E-state index in [1.165, 1.54) is 12.5 Å². The van der Waals surface area contributed by atoms with E-state index < -0.39 is 17.9 Å². The molecule has 0 saturated carbocycles. The fourth-order valence-corrected chi connectivity index (χ4v) is 8.85. The zero-order chi connectivity index (χ0) is 56.5. The first-order chi connectivity index (χ1) is 35.8. The molecule has 1 aliphatic rings. The van der Waals surface area contributed by atoms with Crippen molar-refractivity contribution < 1.29 is 47.3 Å². The molecule has 0 bridgehead atoms. The molecule has 3 aromatic rings. The number of ketones is 1. The van der Waals surface area contributed by atoms with Gasteiger partial charge in [-0.1, -0.05) is 138 Å². The predicted molar refractivity (Wildman–Crippen MR) is 299 cm³/mol. The maximum Gasteiger partial charge on any atom is 0.247 e. The van der Waals surface area contributed by atoms with E-state index in [-0.39, 0.29) is 53.7 Å².